The van der Waals surface area contributed by atoms with Gasteiger partial charge in [0.25, 0.3) is 0 Å². The number of nitrogens with zero attached hydrogens (tertiary/aromatic N) is 2. The van der Waals surface area contributed by atoms with Gasteiger partial charge in [-0.05, 0) is 49.0 Å². The number of nitro groups is 1. The van der Waals surface area contributed by atoms with E-state index in [9.17, 15) is 14.9 Å². The van der Waals surface area contributed by atoms with E-state index in [0.29, 0.717) is 6.42 Å². The summed E-state index contributed by atoms with van der Waals surface area (Å²) in [6.07, 6.45) is 10.2. The number of rotatable bonds is 6. The summed E-state index contributed by atoms with van der Waals surface area (Å²) in [5, 5.41) is 14.4. The van der Waals surface area contributed by atoms with Gasteiger partial charge in [0.2, 0.25) is 5.91 Å². The molecule has 25 heavy (non-hydrogen) atoms. The van der Waals surface area contributed by atoms with Gasteiger partial charge in [-0.2, -0.15) is 5.10 Å². The van der Waals surface area contributed by atoms with E-state index in [1.807, 2.05) is 0 Å². The fourth-order valence-corrected chi connectivity index (χ4v) is 4.74. The number of fused-ring (bicyclic) bond motifs is 2. The Balaban J connectivity index is 1.56. The van der Waals surface area contributed by atoms with Crippen LogP contribution in [0, 0.1) is 27.4 Å². The number of hydrogen-bond acceptors (Lipinski definition) is 5. The number of carbonyl (C=O) groups excluding carboxylic acids is 1. The second-order valence-electron chi connectivity index (χ2n) is 7.58. The molecule has 0 radical (unpaired) electrons. The van der Waals surface area contributed by atoms with Crippen LogP contribution in [-0.4, -0.2) is 17.0 Å². The van der Waals surface area contributed by atoms with E-state index in [4.69, 9.17) is 4.42 Å². The van der Waals surface area contributed by atoms with Crippen LogP contribution in [-0.2, 0) is 4.79 Å². The summed E-state index contributed by atoms with van der Waals surface area (Å²) in [4.78, 5) is 22.3. The largest absolute Gasteiger partial charge is 0.433 e. The molecule has 7 heteroatoms. The van der Waals surface area contributed by atoms with Crippen LogP contribution in [0.3, 0.4) is 0 Å². The summed E-state index contributed by atoms with van der Waals surface area (Å²) >= 11 is 0. The van der Waals surface area contributed by atoms with Crippen LogP contribution in [0.4, 0.5) is 5.88 Å². The number of hydrazone groups is 1. The van der Waals surface area contributed by atoms with Crippen molar-refractivity contribution in [1.82, 2.24) is 5.43 Å². The van der Waals surface area contributed by atoms with Gasteiger partial charge >= 0.3 is 5.88 Å². The lowest BCUT2D eigenvalue weighted by molar-refractivity contribution is -0.402. The van der Waals surface area contributed by atoms with Crippen molar-refractivity contribution in [1.29, 1.82) is 0 Å². The van der Waals surface area contributed by atoms with E-state index in [1.54, 1.807) is 0 Å². The third-order valence-electron chi connectivity index (χ3n) is 5.72. The molecule has 0 aromatic carbocycles. The van der Waals surface area contributed by atoms with Crippen LogP contribution in [0.1, 0.15) is 64.1 Å². The number of carbonyl (C=O) groups is 1. The lowest BCUT2D eigenvalue weighted by Gasteiger charge is -2.48. The van der Waals surface area contributed by atoms with Crippen molar-refractivity contribution in [3.63, 3.8) is 0 Å². The first-order valence-electron chi connectivity index (χ1n) is 9.06. The smallest absolute Gasteiger partial charge is 0.400 e. The Hall–Kier alpha value is -2.18. The zero-order valence-electron chi connectivity index (χ0n) is 14.6. The predicted molar refractivity (Wildman–Crippen MR) is 93.1 cm³/mol. The van der Waals surface area contributed by atoms with E-state index in [1.165, 1.54) is 44.0 Å². The average Bonchev–Trinajstić information content (AvgIpc) is 3.03. The standard InChI is InChI=1S/C18H25N3O4/c1-2-13-8-14-4-3-7-18(9-13,10-14)11-16(22)20-19-12-15-5-6-17(25-15)21(23)24/h5-6,12-14H,2-4,7-11H2,1H3,(H,20,22)/b19-12+. The van der Waals surface area contributed by atoms with Crippen LogP contribution < -0.4 is 5.43 Å². The van der Waals surface area contributed by atoms with E-state index < -0.39 is 4.92 Å². The van der Waals surface area contributed by atoms with Crippen LogP contribution in [0.5, 0.6) is 0 Å². The second-order valence-corrected chi connectivity index (χ2v) is 7.58. The quantitative estimate of drug-likeness (QED) is 0.477. The van der Waals surface area contributed by atoms with Crippen LogP contribution >= 0.6 is 0 Å². The maximum Gasteiger partial charge on any atom is 0.433 e. The lowest BCUT2D eigenvalue weighted by Crippen LogP contribution is -2.40. The summed E-state index contributed by atoms with van der Waals surface area (Å²) in [6.45, 7) is 2.24. The Morgan fingerprint density at radius 3 is 3.08 bits per heavy atom. The highest BCUT2D eigenvalue weighted by molar-refractivity contribution is 5.80. The van der Waals surface area contributed by atoms with Gasteiger partial charge in [-0.15, -0.1) is 0 Å². The highest BCUT2D eigenvalue weighted by Gasteiger charge is 2.43. The summed E-state index contributed by atoms with van der Waals surface area (Å²) in [7, 11) is 0. The third kappa shape index (κ3) is 4.27. The first kappa shape index (κ1) is 17.6. The second kappa shape index (κ2) is 7.37. The zero-order valence-corrected chi connectivity index (χ0v) is 14.6. The number of nitrogens with one attached hydrogen (secondary N) is 1. The molecule has 2 fully saturated rings. The fraction of sp³-hybridized carbons (Fsp3) is 0.667. The summed E-state index contributed by atoms with van der Waals surface area (Å²) in [5.41, 5.74) is 2.68. The molecule has 1 heterocycles. The maximum atomic E-state index is 12.3. The molecule has 3 rings (SSSR count). The molecule has 0 spiro atoms. The van der Waals surface area contributed by atoms with Gasteiger partial charge < -0.3 is 4.42 Å². The molecular formula is C18H25N3O4. The Kier molecular flexibility index (Phi) is 5.20. The molecule has 136 valence electrons. The molecule has 2 aliphatic carbocycles. The summed E-state index contributed by atoms with van der Waals surface area (Å²) in [6, 6.07) is 2.71. The van der Waals surface area contributed by atoms with Gasteiger partial charge in [0.05, 0.1) is 12.3 Å². The predicted octanol–water partition coefficient (Wildman–Crippen LogP) is 4.02. The minimum atomic E-state index is -0.609. The Morgan fingerprint density at radius 1 is 1.52 bits per heavy atom. The number of amides is 1. The van der Waals surface area contributed by atoms with Crippen molar-refractivity contribution in [3.05, 3.63) is 28.0 Å². The van der Waals surface area contributed by atoms with Crippen molar-refractivity contribution < 1.29 is 14.1 Å². The van der Waals surface area contributed by atoms with Crippen molar-refractivity contribution in [2.24, 2.45) is 22.4 Å². The van der Waals surface area contributed by atoms with Crippen molar-refractivity contribution in [2.75, 3.05) is 0 Å². The Labute approximate surface area is 147 Å². The summed E-state index contributed by atoms with van der Waals surface area (Å²) < 4.78 is 4.97. The zero-order chi connectivity index (χ0) is 17.9. The molecule has 1 aromatic heterocycles. The molecule has 0 saturated heterocycles. The molecule has 2 bridgehead atoms. The molecule has 0 aliphatic heterocycles. The van der Waals surface area contributed by atoms with E-state index in [0.717, 1.165) is 31.1 Å². The first-order valence-corrected chi connectivity index (χ1v) is 9.06. The average molecular weight is 347 g/mol. The Morgan fingerprint density at radius 2 is 2.36 bits per heavy atom. The third-order valence-corrected chi connectivity index (χ3v) is 5.72. The van der Waals surface area contributed by atoms with E-state index >= 15 is 0 Å². The first-order chi connectivity index (χ1) is 12.0. The fourth-order valence-electron chi connectivity index (χ4n) is 4.74. The molecular weight excluding hydrogens is 322 g/mol. The normalized spacial score (nSPS) is 28.8. The van der Waals surface area contributed by atoms with Crippen molar-refractivity contribution in [3.8, 4) is 0 Å². The lowest BCUT2D eigenvalue weighted by atomic mass is 9.57. The molecule has 1 aromatic rings. The van der Waals surface area contributed by atoms with Crippen LogP contribution in [0.15, 0.2) is 21.7 Å². The van der Waals surface area contributed by atoms with Gasteiger partial charge in [-0.1, -0.05) is 26.2 Å². The molecule has 2 saturated carbocycles. The van der Waals surface area contributed by atoms with E-state index in [-0.39, 0.29) is 23.0 Å². The van der Waals surface area contributed by atoms with Gasteiger partial charge in [0.15, 0.2) is 5.76 Å². The van der Waals surface area contributed by atoms with E-state index in [2.05, 4.69) is 17.5 Å². The number of hydrogen-bond donors (Lipinski definition) is 1. The van der Waals surface area contributed by atoms with Crippen LogP contribution in [0.25, 0.3) is 0 Å². The minimum absolute atomic E-state index is 0.0882. The molecule has 1 N–H and O–H groups in total. The SMILES string of the molecule is CCC1CC2CCCC(CC(=O)N/N=C/c3ccc([N+](=O)[O-])o3)(C1)C2. The summed E-state index contributed by atoms with van der Waals surface area (Å²) in [5.74, 6) is 1.32. The van der Waals surface area contributed by atoms with Crippen molar-refractivity contribution >= 4 is 18.0 Å². The van der Waals surface area contributed by atoms with Gasteiger partial charge in [-0.3, -0.25) is 14.9 Å². The maximum absolute atomic E-state index is 12.3. The minimum Gasteiger partial charge on any atom is -0.400 e. The molecule has 7 nitrogen and oxygen atoms in total. The Bertz CT molecular complexity index is 669. The molecule has 3 atom stereocenters. The monoisotopic (exact) mass is 347 g/mol. The highest BCUT2D eigenvalue weighted by atomic mass is 16.6. The van der Waals surface area contributed by atoms with Crippen LogP contribution in [0.2, 0.25) is 0 Å². The number of furan rings is 1. The van der Waals surface area contributed by atoms with Gasteiger partial charge in [-0.25, -0.2) is 5.43 Å². The topological polar surface area (TPSA) is 97.7 Å². The van der Waals surface area contributed by atoms with Gasteiger partial charge in [0, 0.05) is 6.42 Å². The van der Waals surface area contributed by atoms with Crippen molar-refractivity contribution in [2.45, 2.75) is 58.3 Å². The highest BCUT2D eigenvalue weighted by Crippen LogP contribution is 2.53. The van der Waals surface area contributed by atoms with Gasteiger partial charge in [0.1, 0.15) is 4.92 Å². The molecule has 2 aliphatic rings. The molecule has 1 amide bonds. The molecule has 3 unspecified atom stereocenters.